The summed E-state index contributed by atoms with van der Waals surface area (Å²) in [5.74, 6) is 0.0965. The SMILES string of the molecule is Cc1ccc(C)c(CC(CO)c2cccc(Cl)c2)c1. The first-order valence-corrected chi connectivity index (χ1v) is 6.90. The van der Waals surface area contributed by atoms with E-state index in [4.69, 9.17) is 11.6 Å². The smallest absolute Gasteiger partial charge is 0.0502 e. The molecule has 1 nitrogen and oxygen atoms in total. The highest BCUT2D eigenvalue weighted by Gasteiger charge is 2.13. The molecule has 1 N–H and O–H groups in total. The molecule has 0 amide bonds. The molecule has 0 radical (unpaired) electrons. The normalized spacial score (nSPS) is 12.4. The van der Waals surface area contributed by atoms with Crippen molar-refractivity contribution in [2.45, 2.75) is 26.2 Å². The van der Waals surface area contributed by atoms with Crippen LogP contribution in [0.2, 0.25) is 5.02 Å². The van der Waals surface area contributed by atoms with Gasteiger partial charge in [0.25, 0.3) is 0 Å². The van der Waals surface area contributed by atoms with Gasteiger partial charge in [-0.15, -0.1) is 0 Å². The molecule has 100 valence electrons. The molecular weight excluding hydrogens is 256 g/mol. The van der Waals surface area contributed by atoms with Gasteiger partial charge in [0.2, 0.25) is 0 Å². The molecule has 0 bridgehead atoms. The predicted octanol–water partition coefficient (Wildman–Crippen LogP) is 4.28. The lowest BCUT2D eigenvalue weighted by molar-refractivity contribution is 0.264. The van der Waals surface area contributed by atoms with E-state index in [2.05, 4.69) is 32.0 Å². The van der Waals surface area contributed by atoms with Crippen LogP contribution in [0.1, 0.15) is 28.2 Å². The summed E-state index contributed by atoms with van der Waals surface area (Å²) in [6.45, 7) is 4.34. The van der Waals surface area contributed by atoms with Crippen LogP contribution in [0.25, 0.3) is 0 Å². The Morgan fingerprint density at radius 2 is 1.89 bits per heavy atom. The summed E-state index contributed by atoms with van der Waals surface area (Å²) in [6.07, 6.45) is 0.838. The molecule has 0 aliphatic rings. The van der Waals surface area contributed by atoms with E-state index in [1.54, 1.807) is 0 Å². The molecule has 1 atom stereocenters. The Labute approximate surface area is 119 Å². The van der Waals surface area contributed by atoms with E-state index in [0.29, 0.717) is 0 Å². The minimum Gasteiger partial charge on any atom is -0.396 e. The Bertz CT molecular complexity index is 563. The van der Waals surface area contributed by atoms with Gasteiger partial charge in [-0.2, -0.15) is 0 Å². The molecule has 19 heavy (non-hydrogen) atoms. The maximum absolute atomic E-state index is 9.65. The summed E-state index contributed by atoms with van der Waals surface area (Å²) >= 11 is 6.02. The molecule has 0 aliphatic carbocycles. The van der Waals surface area contributed by atoms with Crippen molar-refractivity contribution in [1.29, 1.82) is 0 Å². The quantitative estimate of drug-likeness (QED) is 0.882. The number of hydrogen-bond acceptors (Lipinski definition) is 1. The summed E-state index contributed by atoms with van der Waals surface area (Å²) in [7, 11) is 0. The molecule has 2 rings (SSSR count). The van der Waals surface area contributed by atoms with Gasteiger partial charge < -0.3 is 5.11 Å². The van der Waals surface area contributed by atoms with Gasteiger partial charge in [-0.3, -0.25) is 0 Å². The van der Waals surface area contributed by atoms with Crippen molar-refractivity contribution in [3.05, 3.63) is 69.7 Å². The van der Waals surface area contributed by atoms with Crippen LogP contribution >= 0.6 is 11.6 Å². The van der Waals surface area contributed by atoms with Crippen molar-refractivity contribution in [2.75, 3.05) is 6.61 Å². The van der Waals surface area contributed by atoms with E-state index in [1.165, 1.54) is 16.7 Å². The first-order valence-electron chi connectivity index (χ1n) is 6.52. The van der Waals surface area contributed by atoms with E-state index in [1.807, 2.05) is 24.3 Å². The largest absolute Gasteiger partial charge is 0.396 e. The fraction of sp³-hybridized carbons (Fsp3) is 0.294. The molecule has 2 aromatic rings. The molecule has 1 unspecified atom stereocenters. The number of hydrogen-bond donors (Lipinski definition) is 1. The van der Waals surface area contributed by atoms with Crippen LogP contribution in [-0.4, -0.2) is 11.7 Å². The highest BCUT2D eigenvalue weighted by atomic mass is 35.5. The Balaban J connectivity index is 2.26. The van der Waals surface area contributed by atoms with Crippen LogP contribution in [0.5, 0.6) is 0 Å². The molecule has 2 aromatic carbocycles. The van der Waals surface area contributed by atoms with E-state index in [9.17, 15) is 5.11 Å². The molecule has 2 heteroatoms. The zero-order chi connectivity index (χ0) is 13.8. The summed E-state index contributed by atoms with van der Waals surface area (Å²) in [4.78, 5) is 0. The lowest BCUT2D eigenvalue weighted by Gasteiger charge is -2.17. The Morgan fingerprint density at radius 3 is 2.58 bits per heavy atom. The molecule has 0 saturated carbocycles. The van der Waals surface area contributed by atoms with E-state index < -0.39 is 0 Å². The number of benzene rings is 2. The zero-order valence-electron chi connectivity index (χ0n) is 11.4. The first-order chi connectivity index (χ1) is 9.10. The van der Waals surface area contributed by atoms with Gasteiger partial charge in [0.05, 0.1) is 6.61 Å². The first kappa shape index (κ1) is 14.1. The Morgan fingerprint density at radius 1 is 1.11 bits per heavy atom. The molecule has 0 aromatic heterocycles. The van der Waals surface area contributed by atoms with Gasteiger partial charge in [0.15, 0.2) is 0 Å². The molecule has 0 fully saturated rings. The van der Waals surface area contributed by atoms with Gasteiger partial charge in [0.1, 0.15) is 0 Å². The lowest BCUT2D eigenvalue weighted by atomic mass is 9.90. The van der Waals surface area contributed by atoms with E-state index in [0.717, 1.165) is 17.0 Å². The second-order valence-corrected chi connectivity index (χ2v) is 5.51. The predicted molar refractivity (Wildman–Crippen MR) is 80.9 cm³/mol. The Kier molecular flexibility index (Phi) is 4.62. The third-order valence-corrected chi connectivity index (χ3v) is 3.75. The standard InChI is InChI=1S/C17H19ClO/c1-12-6-7-13(2)15(8-12)9-16(11-19)14-4-3-5-17(18)10-14/h3-8,10,16,19H,9,11H2,1-2H3. The van der Waals surface area contributed by atoms with Gasteiger partial charge in [-0.25, -0.2) is 0 Å². The topological polar surface area (TPSA) is 20.2 Å². The second-order valence-electron chi connectivity index (χ2n) is 5.07. The van der Waals surface area contributed by atoms with Crippen LogP contribution in [0.4, 0.5) is 0 Å². The van der Waals surface area contributed by atoms with Crippen LogP contribution in [0.3, 0.4) is 0 Å². The van der Waals surface area contributed by atoms with Gasteiger partial charge in [-0.05, 0) is 49.1 Å². The number of aliphatic hydroxyl groups is 1. The van der Waals surface area contributed by atoms with E-state index >= 15 is 0 Å². The van der Waals surface area contributed by atoms with Gasteiger partial charge >= 0.3 is 0 Å². The molecule has 0 spiro atoms. The Hall–Kier alpha value is -1.31. The highest BCUT2D eigenvalue weighted by Crippen LogP contribution is 2.25. The number of aryl methyl sites for hydroxylation is 2. The third kappa shape index (κ3) is 3.59. The molecule has 0 heterocycles. The van der Waals surface area contributed by atoms with Crippen molar-refractivity contribution in [3.8, 4) is 0 Å². The lowest BCUT2D eigenvalue weighted by Crippen LogP contribution is -2.09. The van der Waals surface area contributed by atoms with Crippen molar-refractivity contribution >= 4 is 11.6 Å². The minimum atomic E-state index is 0.0965. The maximum atomic E-state index is 9.65. The van der Waals surface area contributed by atoms with Crippen molar-refractivity contribution < 1.29 is 5.11 Å². The van der Waals surface area contributed by atoms with Crippen molar-refractivity contribution in [2.24, 2.45) is 0 Å². The van der Waals surface area contributed by atoms with Gasteiger partial charge in [-0.1, -0.05) is 47.5 Å². The summed E-state index contributed by atoms with van der Waals surface area (Å²) in [6, 6.07) is 14.2. The van der Waals surface area contributed by atoms with Crippen LogP contribution in [0, 0.1) is 13.8 Å². The molecule has 0 aliphatic heterocycles. The minimum absolute atomic E-state index is 0.0965. The second kappa shape index (κ2) is 6.23. The third-order valence-electron chi connectivity index (χ3n) is 3.51. The molecule has 0 saturated heterocycles. The summed E-state index contributed by atoms with van der Waals surface area (Å²) in [5, 5.41) is 10.4. The monoisotopic (exact) mass is 274 g/mol. The van der Waals surface area contributed by atoms with E-state index in [-0.39, 0.29) is 12.5 Å². The summed E-state index contributed by atoms with van der Waals surface area (Å²) in [5.41, 5.74) is 4.91. The highest BCUT2D eigenvalue weighted by molar-refractivity contribution is 6.30. The molecular formula is C17H19ClO. The van der Waals surface area contributed by atoms with Crippen LogP contribution in [0.15, 0.2) is 42.5 Å². The zero-order valence-corrected chi connectivity index (χ0v) is 12.1. The average molecular weight is 275 g/mol. The summed E-state index contributed by atoms with van der Waals surface area (Å²) < 4.78 is 0. The fourth-order valence-corrected chi connectivity index (χ4v) is 2.53. The number of halogens is 1. The van der Waals surface area contributed by atoms with Crippen LogP contribution in [-0.2, 0) is 6.42 Å². The maximum Gasteiger partial charge on any atom is 0.0502 e. The fourth-order valence-electron chi connectivity index (χ4n) is 2.33. The average Bonchev–Trinajstić information content (AvgIpc) is 2.39. The number of aliphatic hydroxyl groups excluding tert-OH is 1. The number of rotatable bonds is 4. The van der Waals surface area contributed by atoms with Gasteiger partial charge in [0, 0.05) is 10.9 Å². The van der Waals surface area contributed by atoms with Crippen LogP contribution < -0.4 is 0 Å². The van der Waals surface area contributed by atoms with Crippen molar-refractivity contribution in [1.82, 2.24) is 0 Å². The van der Waals surface area contributed by atoms with Crippen molar-refractivity contribution in [3.63, 3.8) is 0 Å².